The zero-order valence-electron chi connectivity index (χ0n) is 30.0. The lowest BCUT2D eigenvalue weighted by molar-refractivity contribution is -0.140. The number of carbonyl (C=O) groups is 2. The van der Waals surface area contributed by atoms with E-state index in [0.29, 0.717) is 53.4 Å². The van der Waals surface area contributed by atoms with Crippen LogP contribution in [0.4, 0.5) is 0 Å². The van der Waals surface area contributed by atoms with Crippen LogP contribution in [0.3, 0.4) is 0 Å². The normalized spacial score (nSPS) is 23.9. The molecule has 264 valence electrons. The minimum Gasteiger partial charge on any atom is -0.507 e. The third kappa shape index (κ3) is 5.84. The highest BCUT2D eigenvalue weighted by Crippen LogP contribution is 2.60. The number of hydrogen-bond donors (Lipinski definition) is 1. The van der Waals surface area contributed by atoms with E-state index in [-0.39, 0.29) is 27.8 Å². The van der Waals surface area contributed by atoms with Crippen LogP contribution >= 0.6 is 15.9 Å². The first-order chi connectivity index (χ1) is 22.6. The average molecular weight is 748 g/mol. The molecule has 1 N–H and O–H groups in total. The molecule has 1 aromatic heterocycles. The molecular weight excluding hydrogens is 696 g/mol. The van der Waals surface area contributed by atoms with Gasteiger partial charge in [0.2, 0.25) is 11.6 Å². The Hall–Kier alpha value is -2.67. The summed E-state index contributed by atoms with van der Waals surface area (Å²) in [5.74, 6) is -0.774. The van der Waals surface area contributed by atoms with E-state index in [1.807, 2.05) is 38.2 Å². The summed E-state index contributed by atoms with van der Waals surface area (Å²) in [7, 11) is 2.58. The molecule has 10 nitrogen and oxygen atoms in total. The van der Waals surface area contributed by atoms with E-state index in [0.717, 1.165) is 31.2 Å². The van der Waals surface area contributed by atoms with Crippen LogP contribution in [0.1, 0.15) is 100 Å². The summed E-state index contributed by atoms with van der Waals surface area (Å²) in [6, 6.07) is 1.33. The number of nitrogens with zero attached hydrogens (tertiary/aromatic N) is 2. The largest absolute Gasteiger partial charge is 0.507 e. The van der Waals surface area contributed by atoms with Gasteiger partial charge < -0.3 is 28.3 Å². The van der Waals surface area contributed by atoms with Crippen molar-refractivity contribution in [2.75, 3.05) is 34.4 Å². The third-order valence-corrected chi connectivity index (χ3v) is 15.7. The maximum Gasteiger partial charge on any atom is 0.265 e. The Kier molecular flexibility index (Phi) is 10.3. The molecule has 3 aliphatic rings. The van der Waals surface area contributed by atoms with Crippen molar-refractivity contribution in [3.8, 4) is 17.4 Å². The predicted molar refractivity (Wildman–Crippen MR) is 190 cm³/mol. The first-order valence-corrected chi connectivity index (χ1v) is 20.8. The van der Waals surface area contributed by atoms with Gasteiger partial charge in [-0.1, -0.05) is 47.5 Å². The predicted octanol–water partition coefficient (Wildman–Crippen LogP) is 8.09. The summed E-state index contributed by atoms with van der Waals surface area (Å²) >= 11 is 3.62. The van der Waals surface area contributed by atoms with Gasteiger partial charge in [-0.2, -0.15) is 0 Å². The fourth-order valence-electron chi connectivity index (χ4n) is 7.17. The van der Waals surface area contributed by atoms with E-state index in [1.54, 1.807) is 7.11 Å². The van der Waals surface area contributed by atoms with Gasteiger partial charge in [0.25, 0.3) is 5.88 Å². The number of rotatable bonds is 12. The molecule has 1 saturated carbocycles. The number of aliphatic hydroxyl groups is 1. The molecule has 1 heterocycles. The number of methoxy groups -OCH3 is 1. The number of benzene rings is 1. The Morgan fingerprint density at radius 3 is 2.31 bits per heavy atom. The van der Waals surface area contributed by atoms with Gasteiger partial charge in [0.15, 0.2) is 19.7 Å². The van der Waals surface area contributed by atoms with Gasteiger partial charge in [0.1, 0.15) is 22.8 Å². The van der Waals surface area contributed by atoms with Gasteiger partial charge in [-0.25, -0.2) is 0 Å². The van der Waals surface area contributed by atoms with Crippen molar-refractivity contribution in [3.63, 3.8) is 0 Å². The van der Waals surface area contributed by atoms with Gasteiger partial charge in [0.05, 0.1) is 36.4 Å². The summed E-state index contributed by atoms with van der Waals surface area (Å²) < 4.78 is 31.8. The molecular formula is C36H51BrN2O8Si. The van der Waals surface area contributed by atoms with Crippen LogP contribution in [-0.4, -0.2) is 75.1 Å². The number of fused-ring (bicyclic) bond motifs is 4. The van der Waals surface area contributed by atoms with Gasteiger partial charge in [-0.15, -0.1) is 0 Å². The molecule has 0 aliphatic heterocycles. The maximum absolute atomic E-state index is 15.5. The van der Waals surface area contributed by atoms with E-state index < -0.39 is 43.4 Å². The number of aliphatic hydroxyl groups excluding tert-OH is 1. The Bertz CT molecular complexity index is 1610. The number of Topliss-reactive ketones (excluding diaryl/α,β-unsaturated/α-hetero) is 2. The van der Waals surface area contributed by atoms with E-state index in [4.69, 9.17) is 23.2 Å². The van der Waals surface area contributed by atoms with E-state index in [9.17, 15) is 5.11 Å². The average Bonchev–Trinajstić information content (AvgIpc) is 3.42. The second kappa shape index (κ2) is 13.6. The van der Waals surface area contributed by atoms with Crippen molar-refractivity contribution in [2.45, 2.75) is 103 Å². The van der Waals surface area contributed by atoms with Crippen LogP contribution in [0.5, 0.6) is 17.4 Å². The SMILES string of the molecule is CCCCOc1noc2c1C(=O)[C@@]1(O[Si](C)(C)C(C)(C)C)C(=O)C3=C(O)c4c(c(OC)cc(Br)c4OCCCC)C[C@H]3C[C@H]1[C@@H]2N(C)C. The van der Waals surface area contributed by atoms with Crippen molar-refractivity contribution in [2.24, 2.45) is 11.8 Å². The van der Waals surface area contributed by atoms with E-state index in [2.05, 4.69) is 55.7 Å². The van der Waals surface area contributed by atoms with Crippen molar-refractivity contribution in [1.29, 1.82) is 0 Å². The highest BCUT2D eigenvalue weighted by atomic mass is 79.9. The number of halogens is 1. The topological polar surface area (TPSA) is 121 Å². The second-order valence-electron chi connectivity index (χ2n) is 15.0. The Labute approximate surface area is 293 Å². The second-order valence-corrected chi connectivity index (χ2v) is 20.6. The van der Waals surface area contributed by atoms with Crippen molar-refractivity contribution >= 4 is 41.6 Å². The molecule has 5 rings (SSSR count). The van der Waals surface area contributed by atoms with Crippen molar-refractivity contribution < 1.29 is 37.9 Å². The van der Waals surface area contributed by atoms with Crippen molar-refractivity contribution in [3.05, 3.63) is 38.6 Å². The molecule has 2 aromatic rings. The first kappa shape index (κ1) is 36.6. The summed E-state index contributed by atoms with van der Waals surface area (Å²) in [4.78, 5) is 32.7. The van der Waals surface area contributed by atoms with Gasteiger partial charge in [0, 0.05) is 17.1 Å². The molecule has 0 spiro atoms. The smallest absolute Gasteiger partial charge is 0.265 e. The first-order valence-electron chi connectivity index (χ1n) is 17.1. The van der Waals surface area contributed by atoms with Crippen LogP contribution in [0, 0.1) is 11.8 Å². The Balaban J connectivity index is 1.79. The minimum atomic E-state index is -2.82. The van der Waals surface area contributed by atoms with Crippen LogP contribution < -0.4 is 14.2 Å². The van der Waals surface area contributed by atoms with Crippen LogP contribution in [0.25, 0.3) is 5.76 Å². The lowest BCUT2D eigenvalue weighted by atomic mass is 9.57. The van der Waals surface area contributed by atoms with Gasteiger partial charge in [-0.05, 0) is 91.0 Å². The van der Waals surface area contributed by atoms with E-state index in [1.165, 1.54) is 0 Å². The highest BCUT2D eigenvalue weighted by molar-refractivity contribution is 9.10. The zero-order chi connectivity index (χ0) is 35.3. The minimum absolute atomic E-state index is 0.0781. The van der Waals surface area contributed by atoms with Crippen LogP contribution in [0.15, 0.2) is 20.6 Å². The molecule has 0 unspecified atom stereocenters. The Morgan fingerprint density at radius 1 is 1.08 bits per heavy atom. The summed E-state index contributed by atoms with van der Waals surface area (Å²) in [5.41, 5.74) is -0.414. The summed E-state index contributed by atoms with van der Waals surface area (Å²) in [6.45, 7) is 15.3. The lowest BCUT2D eigenvalue weighted by Crippen LogP contribution is -2.68. The number of carbonyl (C=O) groups excluding carboxylic acids is 2. The molecule has 48 heavy (non-hydrogen) atoms. The number of ketones is 2. The molecule has 1 fully saturated rings. The number of hydrogen-bond acceptors (Lipinski definition) is 10. The highest BCUT2D eigenvalue weighted by Gasteiger charge is 2.69. The van der Waals surface area contributed by atoms with Crippen LogP contribution in [-0.2, 0) is 15.6 Å². The molecule has 0 bridgehead atoms. The van der Waals surface area contributed by atoms with Gasteiger partial charge >= 0.3 is 0 Å². The van der Waals surface area contributed by atoms with E-state index >= 15 is 9.59 Å². The standard InChI is InChI=1S/C36H51BrN2O8Si/c1-11-13-15-44-30-23(37)19-24(43-8)21-17-20-18-22-28(39(6)7)31-27(34(38-46-31)45-16-14-12-2)33(42)36(22,47-48(9,10)35(3,4)5)32(41)25(20)29(40)26(21)30/h19-20,22,28,40H,11-18H2,1-10H3/t20-,22-,28-,36-/m0/s1. The monoisotopic (exact) mass is 746 g/mol. The number of ether oxygens (including phenoxy) is 3. The van der Waals surface area contributed by atoms with Crippen LogP contribution in [0.2, 0.25) is 18.1 Å². The lowest BCUT2D eigenvalue weighted by Gasteiger charge is -2.55. The zero-order valence-corrected chi connectivity index (χ0v) is 32.6. The quantitative estimate of drug-likeness (QED) is 0.130. The van der Waals surface area contributed by atoms with Crippen molar-refractivity contribution in [1.82, 2.24) is 10.1 Å². The summed E-state index contributed by atoms with van der Waals surface area (Å²) in [6.07, 6.45) is 4.21. The molecule has 1 aromatic carbocycles. The molecule has 0 radical (unpaired) electrons. The molecule has 3 aliphatic carbocycles. The number of unbranched alkanes of at least 4 members (excludes halogenated alkanes) is 2. The summed E-state index contributed by atoms with van der Waals surface area (Å²) in [5, 5.41) is 16.2. The fraction of sp³-hybridized carbons (Fsp3) is 0.639. The molecule has 0 saturated heterocycles. The number of aromatic nitrogens is 1. The maximum atomic E-state index is 15.5. The fourth-order valence-corrected chi connectivity index (χ4v) is 9.14. The molecule has 12 heteroatoms. The molecule has 4 atom stereocenters. The van der Waals surface area contributed by atoms with Gasteiger partial charge in [-0.3, -0.25) is 14.5 Å². The third-order valence-electron chi connectivity index (χ3n) is 10.7. The Morgan fingerprint density at radius 2 is 1.73 bits per heavy atom. The molecule has 0 amide bonds.